The zero-order chi connectivity index (χ0) is 22.8. The van der Waals surface area contributed by atoms with Crippen LogP contribution >= 0.6 is 0 Å². The van der Waals surface area contributed by atoms with Gasteiger partial charge in [-0.2, -0.15) is 0 Å². The van der Waals surface area contributed by atoms with Crippen LogP contribution < -0.4 is 0 Å². The molecule has 0 heterocycles. The van der Waals surface area contributed by atoms with Crippen LogP contribution in [0.4, 0.5) is 0 Å². The summed E-state index contributed by atoms with van der Waals surface area (Å²) in [4.78, 5) is 0. The average Bonchev–Trinajstić information content (AvgIpc) is 2.52. The molecular formula is C29H62. The summed E-state index contributed by atoms with van der Waals surface area (Å²) in [6.45, 7) is 34.5. The molecule has 0 nitrogen and oxygen atoms in total. The van der Waals surface area contributed by atoms with E-state index in [0.29, 0.717) is 10.8 Å². The summed E-state index contributed by atoms with van der Waals surface area (Å²) in [5.74, 6) is 0. The van der Waals surface area contributed by atoms with Crippen LogP contribution in [0.2, 0.25) is 0 Å². The molecule has 0 aliphatic heterocycles. The fourth-order valence-corrected chi connectivity index (χ4v) is 2.25. The van der Waals surface area contributed by atoms with E-state index in [4.69, 9.17) is 0 Å². The molecule has 0 aromatic heterocycles. The van der Waals surface area contributed by atoms with Crippen molar-refractivity contribution in [2.24, 2.45) is 10.8 Å². The lowest BCUT2D eigenvalue weighted by molar-refractivity contribution is 0.233. The Morgan fingerprint density at radius 3 is 0.862 bits per heavy atom. The molecule has 0 aliphatic carbocycles. The first kappa shape index (κ1) is 42.1. The number of benzene rings is 1. The Morgan fingerprint density at radius 2 is 0.793 bits per heavy atom. The van der Waals surface area contributed by atoms with Crippen molar-refractivity contribution in [3.05, 3.63) is 46.5 Å². The Balaban J connectivity index is -0.0000000617. The van der Waals surface area contributed by atoms with Crippen molar-refractivity contribution in [2.75, 3.05) is 0 Å². The van der Waals surface area contributed by atoms with Gasteiger partial charge in [0, 0.05) is 0 Å². The summed E-state index contributed by atoms with van der Waals surface area (Å²) in [6.07, 6.45) is 1.29. The first-order valence-electron chi connectivity index (χ1n) is 10.8. The van der Waals surface area contributed by atoms with Gasteiger partial charge in [-0.15, -0.1) is 0 Å². The zero-order valence-electron chi connectivity index (χ0n) is 22.0. The molecule has 0 unspecified atom stereocenters. The molecule has 0 N–H and O–H groups in total. The number of hydrogen-bond donors (Lipinski definition) is 0. The standard InChI is InChI=1S/C9H20.C8H10.C6H12.2C2H6.2CH4/c1-8(2,3)7-9(4,5)6;1-7-5-3-4-6-8(7)2;1-5(2)6(3)4;2*1-2;;/h7H2,1-6H3;3-6H,1-2H3;1-4H3;2*1-2H3;2*1H4. The summed E-state index contributed by atoms with van der Waals surface area (Å²) in [6, 6.07) is 8.36. The van der Waals surface area contributed by atoms with Crippen LogP contribution in [0, 0.1) is 24.7 Å². The van der Waals surface area contributed by atoms with E-state index in [2.05, 4.69) is 107 Å². The lowest BCUT2D eigenvalue weighted by atomic mass is 9.78. The van der Waals surface area contributed by atoms with E-state index in [1.165, 1.54) is 28.7 Å². The van der Waals surface area contributed by atoms with Crippen molar-refractivity contribution < 1.29 is 0 Å². The van der Waals surface area contributed by atoms with Crippen LogP contribution in [0.3, 0.4) is 0 Å². The average molecular weight is 411 g/mol. The molecule has 0 aliphatic rings. The molecule has 0 heteroatoms. The Bertz CT molecular complexity index is 411. The van der Waals surface area contributed by atoms with Crippen LogP contribution in [0.1, 0.15) is 129 Å². The Kier molecular flexibility index (Phi) is 33.8. The fraction of sp³-hybridized carbons (Fsp3) is 0.724. The molecule has 0 amide bonds. The highest BCUT2D eigenvalue weighted by Crippen LogP contribution is 2.31. The maximum absolute atomic E-state index is 2.29. The minimum atomic E-state index is 0. The largest absolute Gasteiger partial charge is 0.0778 e. The number of rotatable bonds is 0. The molecule has 1 rings (SSSR count). The van der Waals surface area contributed by atoms with Crippen LogP contribution in [0.5, 0.6) is 0 Å². The first-order valence-corrected chi connectivity index (χ1v) is 10.8. The molecule has 0 saturated heterocycles. The van der Waals surface area contributed by atoms with Gasteiger partial charge >= 0.3 is 0 Å². The Morgan fingerprint density at radius 1 is 0.586 bits per heavy atom. The molecule has 0 saturated carbocycles. The van der Waals surface area contributed by atoms with Gasteiger partial charge in [-0.25, -0.2) is 0 Å². The molecule has 0 radical (unpaired) electrons. The van der Waals surface area contributed by atoms with E-state index in [9.17, 15) is 0 Å². The number of aryl methyl sites for hydroxylation is 2. The van der Waals surface area contributed by atoms with E-state index in [1.54, 1.807) is 0 Å². The number of hydrogen-bond acceptors (Lipinski definition) is 0. The monoisotopic (exact) mass is 410 g/mol. The molecule has 1 aromatic carbocycles. The highest BCUT2D eigenvalue weighted by molar-refractivity contribution is 5.23. The molecule has 29 heavy (non-hydrogen) atoms. The van der Waals surface area contributed by atoms with Crippen LogP contribution in [-0.2, 0) is 0 Å². The Labute approximate surface area is 189 Å². The molecule has 0 spiro atoms. The van der Waals surface area contributed by atoms with Crippen LogP contribution in [-0.4, -0.2) is 0 Å². The normalized spacial score (nSPS) is 8.97. The van der Waals surface area contributed by atoms with E-state index < -0.39 is 0 Å². The maximum atomic E-state index is 2.29. The van der Waals surface area contributed by atoms with Crippen molar-refractivity contribution in [3.63, 3.8) is 0 Å². The molecule has 0 fully saturated rings. The molecule has 1 aromatic rings. The van der Waals surface area contributed by atoms with Crippen molar-refractivity contribution in [2.45, 2.75) is 132 Å². The van der Waals surface area contributed by atoms with Crippen molar-refractivity contribution in [1.29, 1.82) is 0 Å². The van der Waals surface area contributed by atoms with Gasteiger partial charge in [-0.05, 0) is 69.9 Å². The van der Waals surface area contributed by atoms with Gasteiger partial charge in [-0.1, -0.05) is 120 Å². The lowest BCUT2D eigenvalue weighted by Crippen LogP contribution is -2.16. The van der Waals surface area contributed by atoms with Gasteiger partial charge in [0.05, 0.1) is 0 Å². The van der Waals surface area contributed by atoms with Crippen LogP contribution in [0.15, 0.2) is 35.4 Å². The summed E-state index contributed by atoms with van der Waals surface area (Å²) in [7, 11) is 0. The molecule has 0 bridgehead atoms. The highest BCUT2D eigenvalue weighted by Gasteiger charge is 2.20. The van der Waals surface area contributed by atoms with E-state index in [0.717, 1.165) is 0 Å². The minimum absolute atomic E-state index is 0. The van der Waals surface area contributed by atoms with E-state index in [-0.39, 0.29) is 14.9 Å². The second-order valence-electron chi connectivity index (χ2n) is 9.38. The van der Waals surface area contributed by atoms with Gasteiger partial charge < -0.3 is 0 Å². The van der Waals surface area contributed by atoms with Gasteiger partial charge in [0.1, 0.15) is 0 Å². The predicted octanol–water partition coefficient (Wildman–Crippen LogP) is 11.5. The highest BCUT2D eigenvalue weighted by atomic mass is 14.3. The van der Waals surface area contributed by atoms with Crippen LogP contribution in [0.25, 0.3) is 0 Å². The summed E-state index contributed by atoms with van der Waals surface area (Å²) in [5, 5.41) is 0. The van der Waals surface area contributed by atoms with Gasteiger partial charge in [0.15, 0.2) is 0 Å². The predicted molar refractivity (Wildman–Crippen MR) is 145 cm³/mol. The maximum Gasteiger partial charge on any atom is -0.0378 e. The van der Waals surface area contributed by atoms with Crippen molar-refractivity contribution in [1.82, 2.24) is 0 Å². The van der Waals surface area contributed by atoms with E-state index in [1.807, 2.05) is 27.7 Å². The second-order valence-corrected chi connectivity index (χ2v) is 9.38. The first-order chi connectivity index (χ1) is 12.2. The minimum Gasteiger partial charge on any atom is -0.0778 e. The summed E-state index contributed by atoms with van der Waals surface area (Å²) in [5.41, 5.74) is 6.56. The Hall–Kier alpha value is -1.04. The third kappa shape index (κ3) is 42.2. The number of allylic oxidation sites excluding steroid dienone is 2. The quantitative estimate of drug-likeness (QED) is 0.373. The lowest BCUT2D eigenvalue weighted by Gasteiger charge is -2.28. The van der Waals surface area contributed by atoms with Crippen molar-refractivity contribution >= 4 is 0 Å². The van der Waals surface area contributed by atoms with Gasteiger partial charge in [0.25, 0.3) is 0 Å². The van der Waals surface area contributed by atoms with Crippen molar-refractivity contribution in [3.8, 4) is 0 Å². The van der Waals surface area contributed by atoms with Gasteiger partial charge in [-0.3, -0.25) is 0 Å². The molecule has 0 atom stereocenters. The zero-order valence-corrected chi connectivity index (χ0v) is 22.0. The third-order valence-corrected chi connectivity index (χ3v) is 3.49. The van der Waals surface area contributed by atoms with E-state index >= 15 is 0 Å². The molecular weight excluding hydrogens is 348 g/mol. The fourth-order valence-electron chi connectivity index (χ4n) is 2.25. The van der Waals surface area contributed by atoms with Gasteiger partial charge in [0.2, 0.25) is 0 Å². The molecule has 178 valence electrons. The third-order valence-electron chi connectivity index (χ3n) is 3.49. The summed E-state index contributed by atoms with van der Waals surface area (Å²) < 4.78 is 0. The SMILES string of the molecule is C.C.CC.CC.CC(C)(C)CC(C)(C)C.CC(C)=C(C)C.Cc1ccccc1C. The smallest absolute Gasteiger partial charge is 0.0378 e. The topological polar surface area (TPSA) is 0 Å². The summed E-state index contributed by atoms with van der Waals surface area (Å²) >= 11 is 0. The second kappa shape index (κ2) is 23.2.